The second-order valence-electron chi connectivity index (χ2n) is 3.97. The number of amides is 1. The molecule has 0 saturated carbocycles. The van der Waals surface area contributed by atoms with Crippen LogP contribution in [-0.2, 0) is 16.0 Å². The molecule has 0 unspecified atom stereocenters. The highest BCUT2D eigenvalue weighted by Gasteiger charge is 2.32. The van der Waals surface area contributed by atoms with E-state index >= 15 is 0 Å². The first-order valence-electron chi connectivity index (χ1n) is 5.31. The fourth-order valence-corrected chi connectivity index (χ4v) is 2.05. The minimum Gasteiger partial charge on any atom is -0.375 e. The van der Waals surface area contributed by atoms with Crippen LogP contribution >= 0.6 is 0 Å². The molecule has 0 bridgehead atoms. The number of carbonyl (C=O) groups excluding carboxylic acids is 2. The fourth-order valence-electron chi connectivity index (χ4n) is 2.05. The number of fused-ring (bicyclic) bond motifs is 1. The number of ether oxygens (including phenoxy) is 1. The third-order valence-corrected chi connectivity index (χ3v) is 2.87. The van der Waals surface area contributed by atoms with Crippen molar-refractivity contribution in [2.24, 2.45) is 0 Å². The van der Waals surface area contributed by atoms with E-state index in [2.05, 4.69) is 15.0 Å². The summed E-state index contributed by atoms with van der Waals surface area (Å²) in [5.74, 6) is -0.514. The SMILES string of the molecule is O=C1N[C@H](Cc2c[nH]c3ccccc23)C(=O)O1. The van der Waals surface area contributed by atoms with Crippen molar-refractivity contribution < 1.29 is 14.3 Å². The van der Waals surface area contributed by atoms with Gasteiger partial charge in [0.2, 0.25) is 0 Å². The standard InChI is InChI=1S/C12H10N2O3/c15-11-10(14-12(16)17-11)5-7-6-13-9-4-2-1-3-8(7)9/h1-4,6,10,13H,5H2,(H,14,16)/t10-/m1/s1. The van der Waals surface area contributed by atoms with Gasteiger partial charge in [-0.1, -0.05) is 18.2 Å². The molecule has 1 atom stereocenters. The van der Waals surface area contributed by atoms with Crippen LogP contribution in [-0.4, -0.2) is 23.1 Å². The largest absolute Gasteiger partial charge is 0.415 e. The molecule has 5 nitrogen and oxygen atoms in total. The molecule has 1 amide bonds. The molecule has 2 heterocycles. The van der Waals surface area contributed by atoms with E-state index in [-0.39, 0.29) is 0 Å². The summed E-state index contributed by atoms with van der Waals surface area (Å²) < 4.78 is 4.44. The monoisotopic (exact) mass is 230 g/mol. The summed E-state index contributed by atoms with van der Waals surface area (Å²) in [5, 5.41) is 3.54. The van der Waals surface area contributed by atoms with Crippen LogP contribution in [0.5, 0.6) is 0 Å². The first-order valence-corrected chi connectivity index (χ1v) is 5.31. The Hall–Kier alpha value is -2.30. The summed E-state index contributed by atoms with van der Waals surface area (Å²) in [4.78, 5) is 25.3. The first-order chi connectivity index (χ1) is 8.24. The van der Waals surface area contributed by atoms with Crippen LogP contribution in [0.15, 0.2) is 30.5 Å². The molecule has 2 N–H and O–H groups in total. The molecule has 1 fully saturated rings. The average Bonchev–Trinajstić information content (AvgIpc) is 2.85. The Balaban J connectivity index is 1.90. The van der Waals surface area contributed by atoms with E-state index in [9.17, 15) is 9.59 Å². The third kappa shape index (κ3) is 1.65. The van der Waals surface area contributed by atoms with Crippen molar-refractivity contribution in [3.8, 4) is 0 Å². The number of alkyl carbamates (subject to hydrolysis) is 1. The highest BCUT2D eigenvalue weighted by atomic mass is 16.6. The van der Waals surface area contributed by atoms with Crippen LogP contribution in [0.1, 0.15) is 5.56 Å². The summed E-state index contributed by atoms with van der Waals surface area (Å²) in [6, 6.07) is 7.23. The Morgan fingerprint density at radius 1 is 1.24 bits per heavy atom. The predicted molar refractivity (Wildman–Crippen MR) is 60.4 cm³/mol. The van der Waals surface area contributed by atoms with E-state index in [1.165, 1.54) is 0 Å². The van der Waals surface area contributed by atoms with Gasteiger partial charge >= 0.3 is 12.1 Å². The van der Waals surface area contributed by atoms with E-state index in [4.69, 9.17) is 0 Å². The fraction of sp³-hybridized carbons (Fsp3) is 0.167. The second kappa shape index (κ2) is 3.62. The summed E-state index contributed by atoms with van der Waals surface area (Å²) in [6.45, 7) is 0. The van der Waals surface area contributed by atoms with Gasteiger partial charge in [-0.3, -0.25) is 0 Å². The van der Waals surface area contributed by atoms with E-state index in [1.807, 2.05) is 30.5 Å². The molecule has 2 aromatic rings. The molecule has 1 aromatic heterocycles. The lowest BCUT2D eigenvalue weighted by Crippen LogP contribution is -2.30. The molecule has 1 aliphatic rings. The number of carbonyl (C=O) groups is 2. The Kier molecular flexibility index (Phi) is 2.11. The first kappa shape index (κ1) is 9.89. The molecule has 3 rings (SSSR count). The van der Waals surface area contributed by atoms with E-state index in [0.717, 1.165) is 16.5 Å². The summed E-state index contributed by atoms with van der Waals surface area (Å²) in [7, 11) is 0. The van der Waals surface area contributed by atoms with E-state index < -0.39 is 18.1 Å². The minimum absolute atomic E-state index is 0.439. The molecular weight excluding hydrogens is 220 g/mol. The number of H-pyrrole nitrogens is 1. The lowest BCUT2D eigenvalue weighted by molar-refractivity contribution is -0.135. The van der Waals surface area contributed by atoms with Gasteiger partial charge in [0.15, 0.2) is 0 Å². The van der Waals surface area contributed by atoms with Gasteiger partial charge in [0, 0.05) is 23.5 Å². The smallest absolute Gasteiger partial charge is 0.375 e. The predicted octanol–water partition coefficient (Wildman–Crippen LogP) is 1.35. The highest BCUT2D eigenvalue weighted by Crippen LogP contribution is 2.20. The van der Waals surface area contributed by atoms with Crippen LogP contribution in [0.2, 0.25) is 0 Å². The molecule has 1 aromatic carbocycles. The normalized spacial score (nSPS) is 19.4. The van der Waals surface area contributed by atoms with Gasteiger partial charge in [-0.2, -0.15) is 0 Å². The molecule has 0 spiro atoms. The Morgan fingerprint density at radius 3 is 2.82 bits per heavy atom. The highest BCUT2D eigenvalue weighted by molar-refractivity contribution is 5.96. The van der Waals surface area contributed by atoms with Gasteiger partial charge in [-0.15, -0.1) is 0 Å². The number of rotatable bonds is 2. The van der Waals surface area contributed by atoms with E-state index in [1.54, 1.807) is 0 Å². The number of cyclic esters (lactones) is 2. The number of esters is 1. The molecular formula is C12H10N2O3. The zero-order chi connectivity index (χ0) is 11.8. The quantitative estimate of drug-likeness (QED) is 0.604. The van der Waals surface area contributed by atoms with Crippen LogP contribution in [0.4, 0.5) is 4.79 Å². The van der Waals surface area contributed by atoms with Crippen molar-refractivity contribution in [2.75, 3.05) is 0 Å². The number of benzene rings is 1. The molecule has 5 heteroatoms. The summed E-state index contributed by atoms with van der Waals surface area (Å²) in [5.41, 5.74) is 2.00. The van der Waals surface area contributed by atoms with Gasteiger partial charge in [-0.05, 0) is 11.6 Å². The number of hydrogen-bond donors (Lipinski definition) is 2. The van der Waals surface area contributed by atoms with Gasteiger partial charge in [0.1, 0.15) is 6.04 Å². The zero-order valence-electron chi connectivity index (χ0n) is 8.90. The van der Waals surface area contributed by atoms with Gasteiger partial charge in [0.25, 0.3) is 0 Å². The molecule has 86 valence electrons. The minimum atomic E-state index is -0.667. The number of nitrogens with one attached hydrogen (secondary N) is 2. The maximum Gasteiger partial charge on any atom is 0.415 e. The second-order valence-corrected chi connectivity index (χ2v) is 3.97. The molecule has 1 saturated heterocycles. The Morgan fingerprint density at radius 2 is 2.06 bits per heavy atom. The Bertz CT molecular complexity index is 603. The number of para-hydroxylation sites is 1. The lowest BCUT2D eigenvalue weighted by atomic mass is 10.1. The molecule has 0 radical (unpaired) electrons. The zero-order valence-corrected chi connectivity index (χ0v) is 8.90. The van der Waals surface area contributed by atoms with Gasteiger partial charge in [0.05, 0.1) is 0 Å². The van der Waals surface area contributed by atoms with Crippen molar-refractivity contribution in [3.05, 3.63) is 36.0 Å². The van der Waals surface area contributed by atoms with Crippen molar-refractivity contribution in [1.82, 2.24) is 10.3 Å². The molecule has 0 aliphatic carbocycles. The van der Waals surface area contributed by atoms with Gasteiger partial charge in [-0.25, -0.2) is 9.59 Å². The molecule has 17 heavy (non-hydrogen) atoms. The van der Waals surface area contributed by atoms with E-state index in [0.29, 0.717) is 6.42 Å². The summed E-state index contributed by atoms with van der Waals surface area (Å²) >= 11 is 0. The third-order valence-electron chi connectivity index (χ3n) is 2.87. The maximum atomic E-state index is 11.3. The summed E-state index contributed by atoms with van der Waals surface area (Å²) in [6.07, 6.45) is 1.62. The van der Waals surface area contributed by atoms with Crippen molar-refractivity contribution in [3.63, 3.8) is 0 Å². The number of aromatic amines is 1. The van der Waals surface area contributed by atoms with Crippen LogP contribution in [0.25, 0.3) is 10.9 Å². The van der Waals surface area contributed by atoms with Crippen LogP contribution < -0.4 is 5.32 Å². The molecule has 1 aliphatic heterocycles. The topological polar surface area (TPSA) is 71.2 Å². The average molecular weight is 230 g/mol. The van der Waals surface area contributed by atoms with Crippen LogP contribution in [0.3, 0.4) is 0 Å². The number of aromatic nitrogens is 1. The maximum absolute atomic E-state index is 11.3. The Labute approximate surface area is 96.8 Å². The number of hydrogen-bond acceptors (Lipinski definition) is 3. The van der Waals surface area contributed by atoms with Crippen molar-refractivity contribution in [1.29, 1.82) is 0 Å². The van der Waals surface area contributed by atoms with Crippen LogP contribution in [0, 0.1) is 0 Å². The lowest BCUT2D eigenvalue weighted by Gasteiger charge is -2.03. The van der Waals surface area contributed by atoms with Crippen molar-refractivity contribution in [2.45, 2.75) is 12.5 Å². The van der Waals surface area contributed by atoms with Crippen molar-refractivity contribution >= 4 is 23.0 Å². The van der Waals surface area contributed by atoms with Gasteiger partial charge < -0.3 is 15.0 Å².